The summed E-state index contributed by atoms with van der Waals surface area (Å²) in [5, 5.41) is 10.6. The van der Waals surface area contributed by atoms with E-state index in [1.807, 2.05) is 34.7 Å². The first-order chi connectivity index (χ1) is 17.1. The van der Waals surface area contributed by atoms with Crippen LogP contribution in [0, 0.1) is 0 Å². The topological polar surface area (TPSA) is 117 Å². The zero-order valence-corrected chi connectivity index (χ0v) is 21.3. The zero-order valence-electron chi connectivity index (χ0n) is 19.0. The molecule has 0 aliphatic carbocycles. The smallest absolute Gasteiger partial charge is 0.335 e. The summed E-state index contributed by atoms with van der Waals surface area (Å²) in [6.07, 6.45) is 5.73. The summed E-state index contributed by atoms with van der Waals surface area (Å²) >= 11 is 12.8. The number of fused-ring (bicyclic) bond motifs is 1. The Morgan fingerprint density at radius 2 is 1.92 bits per heavy atom. The molecule has 2 aromatic heterocycles. The first-order valence-electron chi connectivity index (χ1n) is 11.0. The lowest BCUT2D eigenvalue weighted by Crippen LogP contribution is -2.37. The predicted octanol–water partition coefficient (Wildman–Crippen LogP) is 4.37. The quantitative estimate of drug-likeness (QED) is 0.369. The predicted molar refractivity (Wildman–Crippen MR) is 138 cm³/mol. The highest BCUT2D eigenvalue weighted by atomic mass is 35.5. The summed E-state index contributed by atoms with van der Waals surface area (Å²) in [5.41, 5.74) is 1.38. The van der Waals surface area contributed by atoms with Gasteiger partial charge < -0.3 is 14.6 Å². The van der Waals surface area contributed by atoms with Gasteiger partial charge in [0.1, 0.15) is 5.82 Å². The van der Waals surface area contributed by atoms with Gasteiger partial charge in [-0.1, -0.05) is 23.2 Å². The molecule has 5 rings (SSSR count). The van der Waals surface area contributed by atoms with Crippen LogP contribution in [0.2, 0.25) is 10.0 Å². The van der Waals surface area contributed by atoms with E-state index in [2.05, 4.69) is 9.71 Å². The number of carboxylic acid groups (broad SMARTS) is 1. The number of hydrogen-bond acceptors (Lipinski definition) is 6. The van der Waals surface area contributed by atoms with Crippen molar-refractivity contribution in [2.75, 3.05) is 11.4 Å². The van der Waals surface area contributed by atoms with E-state index in [0.29, 0.717) is 34.3 Å². The Morgan fingerprint density at radius 1 is 1.17 bits per heavy atom. The Bertz CT molecular complexity index is 1560. The number of pyridine rings is 1. The van der Waals surface area contributed by atoms with E-state index in [-0.39, 0.29) is 22.5 Å². The first kappa shape index (κ1) is 24.5. The van der Waals surface area contributed by atoms with E-state index in [9.17, 15) is 13.2 Å². The van der Waals surface area contributed by atoms with Gasteiger partial charge >= 0.3 is 5.97 Å². The first-order valence-corrected chi connectivity index (χ1v) is 13.3. The molecule has 0 unspecified atom stereocenters. The Hall–Kier alpha value is -3.18. The molecule has 12 heteroatoms. The van der Waals surface area contributed by atoms with Crippen molar-refractivity contribution in [3.8, 4) is 5.69 Å². The Kier molecular flexibility index (Phi) is 6.37. The molecule has 186 valence electrons. The van der Waals surface area contributed by atoms with Gasteiger partial charge in [-0.2, -0.15) is 0 Å². The number of anilines is 1. The fraction of sp³-hybridized carbons (Fsp3) is 0.208. The van der Waals surface area contributed by atoms with Crippen molar-refractivity contribution in [3.63, 3.8) is 0 Å². The third kappa shape index (κ3) is 4.53. The standard InChI is InChI=1S/C24H21Cl2N5O4S/c1-14-10-16(29-36(34,35)17-4-2-15(3-5-17)24(32)33)12-31(14)21-11-20(30-9-8-27-13-30)18-6-7-19(25)22(26)23(18)28-21/h2-9,11,13-14,16,29H,10,12H2,1H3,(H,32,33)/t14-,16-/m1/s1. The van der Waals surface area contributed by atoms with Crippen molar-refractivity contribution in [1.29, 1.82) is 0 Å². The van der Waals surface area contributed by atoms with Crippen molar-refractivity contribution in [1.82, 2.24) is 19.3 Å². The number of nitrogens with one attached hydrogen (secondary N) is 1. The number of halogens is 2. The van der Waals surface area contributed by atoms with E-state index in [4.69, 9.17) is 33.3 Å². The van der Waals surface area contributed by atoms with Gasteiger partial charge in [0.15, 0.2) is 0 Å². The van der Waals surface area contributed by atoms with E-state index in [1.54, 1.807) is 18.6 Å². The van der Waals surface area contributed by atoms with Gasteiger partial charge in [-0.05, 0) is 49.7 Å². The van der Waals surface area contributed by atoms with Crippen LogP contribution in [0.15, 0.2) is 66.1 Å². The highest BCUT2D eigenvalue weighted by Crippen LogP contribution is 2.36. The van der Waals surface area contributed by atoms with Gasteiger partial charge in [0.05, 0.1) is 38.0 Å². The van der Waals surface area contributed by atoms with Crippen LogP contribution in [0.25, 0.3) is 16.6 Å². The Labute approximate surface area is 217 Å². The monoisotopic (exact) mass is 545 g/mol. The second kappa shape index (κ2) is 9.36. The third-order valence-corrected chi connectivity index (χ3v) is 8.55. The molecule has 2 N–H and O–H groups in total. The molecule has 3 heterocycles. The van der Waals surface area contributed by atoms with Crippen LogP contribution in [0.5, 0.6) is 0 Å². The van der Waals surface area contributed by atoms with Crippen LogP contribution in [0.1, 0.15) is 23.7 Å². The summed E-state index contributed by atoms with van der Waals surface area (Å²) in [5.74, 6) is -0.484. The van der Waals surface area contributed by atoms with Gasteiger partial charge in [0, 0.05) is 42.5 Å². The molecule has 1 fully saturated rings. The summed E-state index contributed by atoms with van der Waals surface area (Å²) in [6, 6.07) is 10.2. The zero-order chi connectivity index (χ0) is 25.6. The fourth-order valence-electron chi connectivity index (χ4n) is 4.46. The molecule has 36 heavy (non-hydrogen) atoms. The van der Waals surface area contributed by atoms with Gasteiger partial charge in [-0.15, -0.1) is 0 Å². The molecule has 0 saturated carbocycles. The number of imidazole rings is 1. The van der Waals surface area contributed by atoms with Crippen LogP contribution in [0.4, 0.5) is 5.82 Å². The van der Waals surface area contributed by atoms with E-state index in [1.165, 1.54) is 24.3 Å². The molecular formula is C24H21Cl2N5O4S. The highest BCUT2D eigenvalue weighted by Gasteiger charge is 2.33. The second-order valence-corrected chi connectivity index (χ2v) is 11.1. The van der Waals surface area contributed by atoms with Gasteiger partial charge in [-0.25, -0.2) is 27.9 Å². The van der Waals surface area contributed by atoms with E-state index < -0.39 is 16.0 Å². The average molecular weight is 546 g/mol. The molecule has 0 amide bonds. The minimum Gasteiger partial charge on any atom is -0.478 e. The molecule has 2 atom stereocenters. The third-order valence-electron chi connectivity index (χ3n) is 6.22. The van der Waals surface area contributed by atoms with Crippen molar-refractivity contribution in [2.45, 2.75) is 30.3 Å². The van der Waals surface area contributed by atoms with Gasteiger partial charge in [0.25, 0.3) is 0 Å². The maximum Gasteiger partial charge on any atom is 0.335 e. The molecule has 1 saturated heterocycles. The molecule has 0 bridgehead atoms. The molecule has 9 nitrogen and oxygen atoms in total. The van der Waals surface area contributed by atoms with Crippen molar-refractivity contribution in [2.24, 2.45) is 0 Å². The number of nitrogens with zero attached hydrogens (tertiary/aromatic N) is 4. The van der Waals surface area contributed by atoms with Crippen LogP contribution >= 0.6 is 23.2 Å². The molecule has 0 spiro atoms. The SMILES string of the molecule is C[C@@H]1C[C@@H](NS(=O)(=O)c2ccc(C(=O)O)cc2)CN1c1cc(-n2ccnc2)c2ccc(Cl)c(Cl)c2n1. The molecule has 1 aliphatic heterocycles. The van der Waals surface area contributed by atoms with Crippen molar-refractivity contribution >= 4 is 55.9 Å². The maximum absolute atomic E-state index is 13.0. The summed E-state index contributed by atoms with van der Waals surface area (Å²) in [7, 11) is -3.85. The minimum atomic E-state index is -3.85. The number of benzene rings is 2. The normalized spacial score (nSPS) is 18.1. The van der Waals surface area contributed by atoms with Crippen LogP contribution in [-0.2, 0) is 10.0 Å². The molecule has 1 aliphatic rings. The number of carbonyl (C=O) groups is 1. The number of sulfonamides is 1. The average Bonchev–Trinajstić information content (AvgIpc) is 3.50. The lowest BCUT2D eigenvalue weighted by molar-refractivity contribution is 0.0696. The summed E-state index contributed by atoms with van der Waals surface area (Å²) < 4.78 is 30.5. The lowest BCUT2D eigenvalue weighted by atomic mass is 10.1. The molecule has 4 aromatic rings. The summed E-state index contributed by atoms with van der Waals surface area (Å²) in [4.78, 5) is 22.0. The van der Waals surface area contributed by atoms with Crippen molar-refractivity contribution < 1.29 is 18.3 Å². The number of aromatic nitrogens is 3. The number of carboxylic acids is 1. The largest absolute Gasteiger partial charge is 0.478 e. The number of hydrogen-bond donors (Lipinski definition) is 2. The minimum absolute atomic E-state index is 0.00579. The summed E-state index contributed by atoms with van der Waals surface area (Å²) in [6.45, 7) is 2.38. The maximum atomic E-state index is 13.0. The fourth-order valence-corrected chi connectivity index (χ4v) is 6.06. The van der Waals surface area contributed by atoms with E-state index >= 15 is 0 Å². The van der Waals surface area contributed by atoms with Crippen LogP contribution in [0.3, 0.4) is 0 Å². The number of rotatable bonds is 6. The Morgan fingerprint density at radius 3 is 2.58 bits per heavy atom. The molecule has 0 radical (unpaired) electrons. The van der Waals surface area contributed by atoms with E-state index in [0.717, 1.165) is 11.1 Å². The molecular weight excluding hydrogens is 525 g/mol. The highest BCUT2D eigenvalue weighted by molar-refractivity contribution is 7.89. The van der Waals surface area contributed by atoms with Crippen LogP contribution < -0.4 is 9.62 Å². The number of aromatic carboxylic acids is 1. The molecule has 2 aromatic carbocycles. The Balaban J connectivity index is 1.46. The van der Waals surface area contributed by atoms with Crippen molar-refractivity contribution in [3.05, 3.63) is 76.8 Å². The van der Waals surface area contributed by atoms with Crippen LogP contribution in [-0.4, -0.2) is 52.7 Å². The second-order valence-electron chi connectivity index (χ2n) is 8.61. The van der Waals surface area contributed by atoms with Gasteiger partial charge in [0.2, 0.25) is 10.0 Å². The van der Waals surface area contributed by atoms with Gasteiger partial charge in [-0.3, -0.25) is 0 Å². The lowest BCUT2D eigenvalue weighted by Gasteiger charge is -2.24.